The molecule has 0 unspecified atom stereocenters. The standard InChI is InChI=1S/C20H21N7O2/c1-28-20-22-12-14(13-23-20)17-16-4-7-27(15-2-5-21-6-3-15)18(16)25-19(24-17)26-8-10-29-11-9-26/h2-3,5-6,12-13H,4,7-11H2,1H3. The molecule has 148 valence electrons. The zero-order valence-corrected chi connectivity index (χ0v) is 16.2. The first-order chi connectivity index (χ1) is 14.3. The van der Waals surface area contributed by atoms with Gasteiger partial charge in [0.15, 0.2) is 0 Å². The number of nitrogens with zero attached hydrogens (tertiary/aromatic N) is 7. The first-order valence-electron chi connectivity index (χ1n) is 9.61. The maximum Gasteiger partial charge on any atom is 0.316 e. The second-order valence-corrected chi connectivity index (χ2v) is 6.84. The van der Waals surface area contributed by atoms with Gasteiger partial charge in [-0.1, -0.05) is 0 Å². The molecule has 2 aliphatic rings. The lowest BCUT2D eigenvalue weighted by atomic mass is 10.1. The van der Waals surface area contributed by atoms with Crippen molar-refractivity contribution in [2.24, 2.45) is 0 Å². The van der Waals surface area contributed by atoms with E-state index in [1.165, 1.54) is 0 Å². The molecule has 0 saturated carbocycles. The van der Waals surface area contributed by atoms with Crippen LogP contribution < -0.4 is 14.5 Å². The van der Waals surface area contributed by atoms with Gasteiger partial charge in [0.1, 0.15) is 5.82 Å². The van der Waals surface area contributed by atoms with Gasteiger partial charge in [-0.3, -0.25) is 4.98 Å². The summed E-state index contributed by atoms with van der Waals surface area (Å²) in [7, 11) is 1.56. The van der Waals surface area contributed by atoms with Crippen molar-refractivity contribution in [3.8, 4) is 17.3 Å². The van der Waals surface area contributed by atoms with E-state index in [1.54, 1.807) is 31.9 Å². The Morgan fingerprint density at radius 2 is 1.76 bits per heavy atom. The van der Waals surface area contributed by atoms with Crippen LogP contribution in [0, 0.1) is 0 Å². The van der Waals surface area contributed by atoms with Crippen molar-refractivity contribution < 1.29 is 9.47 Å². The zero-order chi connectivity index (χ0) is 19.6. The number of aromatic nitrogens is 5. The summed E-state index contributed by atoms with van der Waals surface area (Å²) >= 11 is 0. The Balaban J connectivity index is 1.62. The van der Waals surface area contributed by atoms with Crippen molar-refractivity contribution >= 4 is 17.5 Å². The average molecular weight is 391 g/mol. The lowest BCUT2D eigenvalue weighted by molar-refractivity contribution is 0.122. The van der Waals surface area contributed by atoms with Gasteiger partial charge in [-0.15, -0.1) is 0 Å². The maximum atomic E-state index is 5.50. The fourth-order valence-corrected chi connectivity index (χ4v) is 3.71. The number of rotatable bonds is 4. The van der Waals surface area contributed by atoms with E-state index in [0.717, 1.165) is 54.4 Å². The third kappa shape index (κ3) is 3.33. The Hall–Kier alpha value is -3.33. The van der Waals surface area contributed by atoms with E-state index in [0.29, 0.717) is 25.2 Å². The molecule has 0 aliphatic carbocycles. The van der Waals surface area contributed by atoms with E-state index in [2.05, 4.69) is 24.8 Å². The Bertz CT molecular complexity index is 992. The number of morpholine rings is 1. The smallest absolute Gasteiger partial charge is 0.316 e. The Kier molecular flexibility index (Phi) is 4.65. The molecule has 9 nitrogen and oxygen atoms in total. The number of pyridine rings is 1. The topological polar surface area (TPSA) is 89.4 Å². The van der Waals surface area contributed by atoms with Crippen molar-refractivity contribution in [2.75, 3.05) is 49.8 Å². The number of hydrogen-bond donors (Lipinski definition) is 0. The summed E-state index contributed by atoms with van der Waals surface area (Å²) in [5.41, 5.74) is 3.90. The summed E-state index contributed by atoms with van der Waals surface area (Å²) in [5, 5.41) is 0. The quantitative estimate of drug-likeness (QED) is 0.661. The first kappa shape index (κ1) is 17.7. The van der Waals surface area contributed by atoms with Crippen LogP contribution >= 0.6 is 0 Å². The van der Waals surface area contributed by atoms with E-state index in [1.807, 2.05) is 12.1 Å². The van der Waals surface area contributed by atoms with Gasteiger partial charge >= 0.3 is 6.01 Å². The second-order valence-electron chi connectivity index (χ2n) is 6.84. The van der Waals surface area contributed by atoms with E-state index < -0.39 is 0 Å². The van der Waals surface area contributed by atoms with Crippen LogP contribution in [0.2, 0.25) is 0 Å². The minimum atomic E-state index is 0.339. The van der Waals surface area contributed by atoms with Gasteiger partial charge in [0, 0.05) is 61.2 Å². The van der Waals surface area contributed by atoms with Crippen LogP contribution in [0.4, 0.5) is 17.5 Å². The van der Waals surface area contributed by atoms with Gasteiger partial charge < -0.3 is 19.3 Å². The highest BCUT2D eigenvalue weighted by molar-refractivity contribution is 5.76. The van der Waals surface area contributed by atoms with Crippen molar-refractivity contribution in [3.63, 3.8) is 0 Å². The molecule has 1 fully saturated rings. The summed E-state index contributed by atoms with van der Waals surface area (Å²) < 4.78 is 10.6. The number of fused-ring (bicyclic) bond motifs is 1. The molecule has 29 heavy (non-hydrogen) atoms. The summed E-state index contributed by atoms with van der Waals surface area (Å²) in [6, 6.07) is 4.34. The molecule has 0 bridgehead atoms. The molecule has 1 saturated heterocycles. The number of hydrogen-bond acceptors (Lipinski definition) is 9. The number of anilines is 3. The fourth-order valence-electron chi connectivity index (χ4n) is 3.71. The maximum absolute atomic E-state index is 5.50. The Labute approximate surface area is 168 Å². The van der Waals surface area contributed by atoms with Crippen LogP contribution in [0.5, 0.6) is 6.01 Å². The van der Waals surface area contributed by atoms with Crippen LogP contribution in [0.15, 0.2) is 36.9 Å². The highest BCUT2D eigenvalue weighted by Crippen LogP contribution is 2.38. The van der Waals surface area contributed by atoms with Crippen LogP contribution in [0.25, 0.3) is 11.3 Å². The van der Waals surface area contributed by atoms with Gasteiger partial charge in [0.25, 0.3) is 0 Å². The molecule has 3 aromatic rings. The molecule has 2 aliphatic heterocycles. The molecule has 0 radical (unpaired) electrons. The molecule has 0 aromatic carbocycles. The second kappa shape index (κ2) is 7.59. The van der Waals surface area contributed by atoms with E-state index >= 15 is 0 Å². The van der Waals surface area contributed by atoms with E-state index in [-0.39, 0.29) is 0 Å². The molecule has 0 atom stereocenters. The molecule has 0 spiro atoms. The molecule has 9 heteroatoms. The highest BCUT2D eigenvalue weighted by atomic mass is 16.5. The lowest BCUT2D eigenvalue weighted by Gasteiger charge is -2.28. The van der Waals surface area contributed by atoms with Crippen molar-refractivity contribution in [3.05, 3.63) is 42.5 Å². The largest absolute Gasteiger partial charge is 0.467 e. The summed E-state index contributed by atoms with van der Waals surface area (Å²) in [5.74, 6) is 1.64. The molecule has 0 N–H and O–H groups in total. The third-order valence-corrected chi connectivity index (χ3v) is 5.17. The highest BCUT2D eigenvalue weighted by Gasteiger charge is 2.29. The van der Waals surface area contributed by atoms with Crippen LogP contribution in [-0.4, -0.2) is 64.9 Å². The number of ether oxygens (including phenoxy) is 2. The normalized spacial score (nSPS) is 16.0. The molecular weight excluding hydrogens is 370 g/mol. The predicted molar refractivity (Wildman–Crippen MR) is 108 cm³/mol. The van der Waals surface area contributed by atoms with Gasteiger partial charge in [0.05, 0.1) is 26.0 Å². The van der Waals surface area contributed by atoms with Crippen molar-refractivity contribution in [1.82, 2.24) is 24.9 Å². The van der Waals surface area contributed by atoms with Gasteiger partial charge in [-0.2, -0.15) is 4.98 Å². The van der Waals surface area contributed by atoms with Gasteiger partial charge in [-0.05, 0) is 18.6 Å². The van der Waals surface area contributed by atoms with Gasteiger partial charge in [0.2, 0.25) is 5.95 Å². The molecule has 5 heterocycles. The molecule has 3 aromatic heterocycles. The van der Waals surface area contributed by atoms with E-state index in [4.69, 9.17) is 19.4 Å². The Morgan fingerprint density at radius 1 is 1.00 bits per heavy atom. The summed E-state index contributed by atoms with van der Waals surface area (Å²) in [6.07, 6.45) is 7.97. The minimum Gasteiger partial charge on any atom is -0.467 e. The minimum absolute atomic E-state index is 0.339. The lowest BCUT2D eigenvalue weighted by Crippen LogP contribution is -2.37. The third-order valence-electron chi connectivity index (χ3n) is 5.17. The van der Waals surface area contributed by atoms with Crippen molar-refractivity contribution in [1.29, 1.82) is 0 Å². The zero-order valence-electron chi connectivity index (χ0n) is 16.2. The monoisotopic (exact) mass is 391 g/mol. The van der Waals surface area contributed by atoms with Crippen LogP contribution in [-0.2, 0) is 11.2 Å². The first-order valence-corrected chi connectivity index (χ1v) is 9.61. The summed E-state index contributed by atoms with van der Waals surface area (Å²) in [6.45, 7) is 3.73. The average Bonchev–Trinajstić information content (AvgIpc) is 3.24. The SMILES string of the molecule is COc1ncc(-c2nc(N3CCOCC3)nc3c2CCN3c2ccncc2)cn1. The number of methoxy groups -OCH3 is 1. The van der Waals surface area contributed by atoms with Gasteiger partial charge in [-0.25, -0.2) is 15.0 Å². The van der Waals surface area contributed by atoms with Crippen LogP contribution in [0.1, 0.15) is 5.56 Å². The predicted octanol–water partition coefficient (Wildman–Crippen LogP) is 1.87. The fraction of sp³-hybridized carbons (Fsp3) is 0.350. The molecule has 5 rings (SSSR count). The van der Waals surface area contributed by atoms with E-state index in [9.17, 15) is 0 Å². The molecule has 0 amide bonds. The van der Waals surface area contributed by atoms with Crippen molar-refractivity contribution in [2.45, 2.75) is 6.42 Å². The Morgan fingerprint density at radius 3 is 2.48 bits per heavy atom. The summed E-state index contributed by atoms with van der Waals surface area (Å²) in [4.78, 5) is 26.9. The molecular formula is C20H21N7O2. The van der Waals surface area contributed by atoms with Crippen LogP contribution in [0.3, 0.4) is 0 Å².